The van der Waals surface area contributed by atoms with Crippen LogP contribution in [0, 0.1) is 6.92 Å². The summed E-state index contributed by atoms with van der Waals surface area (Å²) >= 11 is 0. The molecule has 0 aliphatic carbocycles. The number of nitrogens with zero attached hydrogens (tertiary/aromatic N) is 2. The molecule has 1 saturated heterocycles. The lowest BCUT2D eigenvalue weighted by molar-refractivity contribution is 0.00578. The molecular weight excluding hydrogens is 275 g/mol. The van der Waals surface area contributed by atoms with E-state index in [4.69, 9.17) is 9.31 Å². The summed E-state index contributed by atoms with van der Waals surface area (Å²) in [6, 6.07) is 8.00. The molecule has 3 heterocycles. The Balaban J connectivity index is 1.84. The van der Waals surface area contributed by atoms with Gasteiger partial charge in [-0.1, -0.05) is 6.07 Å². The average Bonchev–Trinajstić information content (AvgIpc) is 2.68. The fourth-order valence-corrected chi connectivity index (χ4v) is 2.40. The van der Waals surface area contributed by atoms with Crippen molar-refractivity contribution >= 4 is 12.6 Å². The highest BCUT2D eigenvalue weighted by Crippen LogP contribution is 2.36. The minimum atomic E-state index is -0.370. The zero-order valence-corrected chi connectivity index (χ0v) is 13.8. The summed E-state index contributed by atoms with van der Waals surface area (Å²) in [5.74, 6) is 0. The summed E-state index contributed by atoms with van der Waals surface area (Å²) in [5.41, 5.74) is 3.23. The molecule has 2 aromatic rings. The van der Waals surface area contributed by atoms with Crippen molar-refractivity contribution in [3.8, 4) is 11.3 Å². The first-order chi connectivity index (χ1) is 10.3. The number of aromatic nitrogens is 2. The van der Waals surface area contributed by atoms with Crippen LogP contribution in [0.15, 0.2) is 36.7 Å². The summed E-state index contributed by atoms with van der Waals surface area (Å²) < 4.78 is 12.1. The van der Waals surface area contributed by atoms with E-state index in [2.05, 4.69) is 37.7 Å². The normalized spacial score (nSPS) is 19.4. The molecule has 22 heavy (non-hydrogen) atoms. The third-order valence-corrected chi connectivity index (χ3v) is 4.50. The molecule has 0 N–H and O–H groups in total. The van der Waals surface area contributed by atoms with E-state index in [9.17, 15) is 0 Å². The van der Waals surface area contributed by atoms with Gasteiger partial charge in [-0.15, -0.1) is 0 Å². The van der Waals surface area contributed by atoms with E-state index in [1.165, 1.54) is 0 Å². The highest BCUT2D eigenvalue weighted by Gasteiger charge is 2.51. The van der Waals surface area contributed by atoms with Crippen molar-refractivity contribution < 1.29 is 9.31 Å². The molecule has 0 amide bonds. The first kappa shape index (κ1) is 15.2. The van der Waals surface area contributed by atoms with Crippen LogP contribution in [0.1, 0.15) is 33.4 Å². The highest BCUT2D eigenvalue weighted by molar-refractivity contribution is 6.62. The predicted octanol–water partition coefficient (Wildman–Crippen LogP) is 2.75. The van der Waals surface area contributed by atoms with E-state index in [1.54, 1.807) is 6.20 Å². The van der Waals surface area contributed by atoms with Gasteiger partial charge in [0.25, 0.3) is 0 Å². The Bertz CT molecular complexity index is 667. The molecule has 5 heteroatoms. The molecular formula is C17H21BN2O2. The summed E-state index contributed by atoms with van der Waals surface area (Å²) in [6.07, 6.45) is 3.63. The van der Waals surface area contributed by atoms with Crippen molar-refractivity contribution in [1.29, 1.82) is 0 Å². The monoisotopic (exact) mass is 296 g/mol. The van der Waals surface area contributed by atoms with Gasteiger partial charge < -0.3 is 9.31 Å². The minimum absolute atomic E-state index is 0.335. The third kappa shape index (κ3) is 2.66. The smallest absolute Gasteiger partial charge is 0.399 e. The van der Waals surface area contributed by atoms with Gasteiger partial charge in [0.2, 0.25) is 0 Å². The van der Waals surface area contributed by atoms with E-state index >= 15 is 0 Å². The molecule has 114 valence electrons. The van der Waals surface area contributed by atoms with E-state index < -0.39 is 0 Å². The first-order valence-corrected chi connectivity index (χ1v) is 7.53. The van der Waals surface area contributed by atoms with Crippen LogP contribution in [0.2, 0.25) is 0 Å². The van der Waals surface area contributed by atoms with Gasteiger partial charge in [0, 0.05) is 29.1 Å². The van der Waals surface area contributed by atoms with Gasteiger partial charge >= 0.3 is 7.12 Å². The molecule has 0 atom stereocenters. The zero-order valence-electron chi connectivity index (χ0n) is 13.8. The number of rotatable bonds is 2. The zero-order chi connectivity index (χ0) is 16.0. The Morgan fingerprint density at radius 3 is 2.18 bits per heavy atom. The maximum Gasteiger partial charge on any atom is 0.496 e. The lowest BCUT2D eigenvalue weighted by Gasteiger charge is -2.32. The van der Waals surface area contributed by atoms with Crippen LogP contribution in [0.25, 0.3) is 11.3 Å². The quantitative estimate of drug-likeness (QED) is 0.799. The van der Waals surface area contributed by atoms with Gasteiger partial charge in [-0.3, -0.25) is 9.97 Å². The van der Waals surface area contributed by atoms with Crippen molar-refractivity contribution in [2.24, 2.45) is 0 Å². The molecule has 0 saturated carbocycles. The van der Waals surface area contributed by atoms with Crippen molar-refractivity contribution in [3.63, 3.8) is 0 Å². The second-order valence-electron chi connectivity index (χ2n) is 6.75. The van der Waals surface area contributed by atoms with Gasteiger partial charge in [0.15, 0.2) is 0 Å². The lowest BCUT2D eigenvalue weighted by Crippen LogP contribution is -2.41. The second kappa shape index (κ2) is 5.18. The second-order valence-corrected chi connectivity index (χ2v) is 6.75. The molecule has 1 fully saturated rings. The van der Waals surface area contributed by atoms with Crippen LogP contribution < -0.4 is 5.46 Å². The van der Waals surface area contributed by atoms with E-state index in [1.807, 2.05) is 37.4 Å². The van der Waals surface area contributed by atoms with E-state index in [0.29, 0.717) is 0 Å². The van der Waals surface area contributed by atoms with Crippen LogP contribution in [-0.4, -0.2) is 28.3 Å². The predicted molar refractivity (Wildman–Crippen MR) is 87.9 cm³/mol. The maximum atomic E-state index is 6.04. The molecule has 0 spiro atoms. The topological polar surface area (TPSA) is 44.2 Å². The molecule has 0 aromatic carbocycles. The Hall–Kier alpha value is -1.72. The fourth-order valence-electron chi connectivity index (χ4n) is 2.40. The Kier molecular flexibility index (Phi) is 3.58. The van der Waals surface area contributed by atoms with Crippen LogP contribution in [0.5, 0.6) is 0 Å². The largest absolute Gasteiger partial charge is 0.496 e. The third-order valence-electron chi connectivity index (χ3n) is 4.50. The van der Waals surface area contributed by atoms with Crippen molar-refractivity contribution in [3.05, 3.63) is 42.4 Å². The van der Waals surface area contributed by atoms with Crippen LogP contribution in [0.3, 0.4) is 0 Å². The fraction of sp³-hybridized carbons (Fsp3) is 0.412. The minimum Gasteiger partial charge on any atom is -0.399 e. The molecule has 2 aromatic heterocycles. The highest BCUT2D eigenvalue weighted by atomic mass is 16.7. The summed E-state index contributed by atoms with van der Waals surface area (Å²) in [6.45, 7) is 10.2. The maximum absolute atomic E-state index is 6.04. The van der Waals surface area contributed by atoms with Gasteiger partial charge in [0.05, 0.1) is 16.9 Å². The van der Waals surface area contributed by atoms with Gasteiger partial charge in [-0.25, -0.2) is 0 Å². The number of pyridine rings is 2. The number of hydrogen-bond donors (Lipinski definition) is 0. The summed E-state index contributed by atoms with van der Waals surface area (Å²) in [4.78, 5) is 8.75. The molecule has 1 aliphatic heterocycles. The number of aryl methyl sites for hydroxylation is 1. The van der Waals surface area contributed by atoms with Gasteiger partial charge in [0.1, 0.15) is 0 Å². The molecule has 3 rings (SSSR count). The Labute approximate surface area is 132 Å². The van der Waals surface area contributed by atoms with Gasteiger partial charge in [-0.05, 0) is 52.8 Å². The van der Waals surface area contributed by atoms with E-state index in [0.717, 1.165) is 22.4 Å². The summed E-state index contributed by atoms with van der Waals surface area (Å²) in [7, 11) is -0.370. The van der Waals surface area contributed by atoms with Crippen molar-refractivity contribution in [1.82, 2.24) is 9.97 Å². The first-order valence-electron chi connectivity index (χ1n) is 7.53. The Morgan fingerprint density at radius 1 is 0.955 bits per heavy atom. The molecule has 0 bridgehead atoms. The standard InChI is InChI=1S/C17H21BN2O2/c1-12-10-13(8-9-19-12)15-7-6-14(11-20-15)18-21-16(2,3)17(4,5)22-18/h6-11H,1-5H3. The molecule has 0 unspecified atom stereocenters. The molecule has 4 nitrogen and oxygen atoms in total. The lowest BCUT2D eigenvalue weighted by atomic mass is 9.80. The molecule has 1 aliphatic rings. The Morgan fingerprint density at radius 2 is 1.64 bits per heavy atom. The van der Waals surface area contributed by atoms with Crippen LogP contribution in [0.4, 0.5) is 0 Å². The number of hydrogen-bond acceptors (Lipinski definition) is 4. The van der Waals surface area contributed by atoms with Crippen LogP contribution in [-0.2, 0) is 9.31 Å². The van der Waals surface area contributed by atoms with Crippen molar-refractivity contribution in [2.75, 3.05) is 0 Å². The summed E-state index contributed by atoms with van der Waals surface area (Å²) in [5, 5.41) is 0. The van der Waals surface area contributed by atoms with E-state index in [-0.39, 0.29) is 18.3 Å². The van der Waals surface area contributed by atoms with Gasteiger partial charge in [-0.2, -0.15) is 0 Å². The SMILES string of the molecule is Cc1cc(-c2ccc(B3OC(C)(C)C(C)(C)O3)cn2)ccn1. The van der Waals surface area contributed by atoms with Crippen molar-refractivity contribution in [2.45, 2.75) is 45.8 Å². The van der Waals surface area contributed by atoms with Crippen LogP contribution >= 0.6 is 0 Å². The molecule has 0 radical (unpaired) electrons. The average molecular weight is 296 g/mol.